The largest absolute Gasteiger partial charge is 0.508 e. The maximum atomic E-state index is 12.8. The van der Waals surface area contributed by atoms with E-state index in [0.717, 1.165) is 6.07 Å². The summed E-state index contributed by atoms with van der Waals surface area (Å²) in [7, 11) is 0. The molecule has 2 aromatic rings. The van der Waals surface area contributed by atoms with Crippen molar-refractivity contribution in [2.24, 2.45) is 5.10 Å². The molecule has 1 atom stereocenters. The highest BCUT2D eigenvalue weighted by molar-refractivity contribution is 7.80. The molecule has 0 fully saturated rings. The molecule has 1 amide bonds. The number of aromatic hydroxyl groups is 2. The molecule has 1 unspecified atom stereocenters. The van der Waals surface area contributed by atoms with Gasteiger partial charge in [-0.05, 0) is 49.0 Å². The second-order valence-electron chi connectivity index (χ2n) is 6.36. The predicted octanol–water partition coefficient (Wildman–Crippen LogP) is 1.95. The Morgan fingerprint density at radius 1 is 1.27 bits per heavy atom. The van der Waals surface area contributed by atoms with Crippen molar-refractivity contribution >= 4 is 35.1 Å². The molecular formula is C19H17N5O5S. The highest BCUT2D eigenvalue weighted by Gasteiger charge is 2.30. The number of phenols is 2. The van der Waals surface area contributed by atoms with Crippen LogP contribution < -0.4 is 16.1 Å². The zero-order valence-electron chi connectivity index (χ0n) is 15.6. The molecule has 1 aliphatic rings. The molecule has 1 aliphatic heterocycles. The fourth-order valence-corrected chi connectivity index (χ4v) is 3.17. The Labute approximate surface area is 176 Å². The molecule has 5 N–H and O–H groups in total. The van der Waals surface area contributed by atoms with Gasteiger partial charge < -0.3 is 20.8 Å². The van der Waals surface area contributed by atoms with Crippen LogP contribution in [0.25, 0.3) is 0 Å². The molecule has 0 bridgehead atoms. The van der Waals surface area contributed by atoms with Crippen molar-refractivity contribution in [2.75, 3.05) is 0 Å². The molecule has 154 valence electrons. The number of nitro benzene ring substituents is 1. The maximum absolute atomic E-state index is 12.8. The third-order valence-corrected chi connectivity index (χ3v) is 4.55. The first kappa shape index (κ1) is 20.7. The van der Waals surface area contributed by atoms with Gasteiger partial charge in [0.15, 0.2) is 5.11 Å². The number of nitrogens with one attached hydrogen (secondary N) is 3. The zero-order chi connectivity index (χ0) is 21.8. The number of nitrogens with zero attached hydrogens (tertiary/aromatic N) is 2. The average molecular weight is 427 g/mol. The maximum Gasteiger partial charge on any atom is 0.271 e. The van der Waals surface area contributed by atoms with E-state index in [9.17, 15) is 25.1 Å². The Balaban J connectivity index is 1.83. The Kier molecular flexibility index (Phi) is 5.93. The fraction of sp³-hybridized carbons (Fsp3) is 0.105. The number of allylic oxidation sites excluding steroid dienone is 1. The smallest absolute Gasteiger partial charge is 0.271 e. The Bertz CT molecular complexity index is 1080. The number of non-ortho nitro benzene ring substituents is 1. The molecule has 0 saturated heterocycles. The topological polar surface area (TPSA) is 149 Å². The van der Waals surface area contributed by atoms with Crippen LogP contribution in [0.4, 0.5) is 5.69 Å². The summed E-state index contributed by atoms with van der Waals surface area (Å²) in [5, 5.41) is 40.0. The lowest BCUT2D eigenvalue weighted by Gasteiger charge is -2.29. The van der Waals surface area contributed by atoms with Crippen LogP contribution >= 0.6 is 12.2 Å². The second kappa shape index (κ2) is 8.57. The van der Waals surface area contributed by atoms with Gasteiger partial charge in [-0.2, -0.15) is 5.10 Å². The van der Waals surface area contributed by atoms with Gasteiger partial charge in [0.1, 0.15) is 11.5 Å². The molecular weight excluding hydrogens is 410 g/mol. The van der Waals surface area contributed by atoms with Crippen molar-refractivity contribution in [2.45, 2.75) is 13.0 Å². The SMILES string of the molecule is CC1=C(C(=O)N/N=C/c2ccc(O)cc2O)C(c2ccc([N+](=O)[O-])cc2)NC(=S)N1. The number of carbonyl (C=O) groups excluding carboxylic acids is 1. The van der Waals surface area contributed by atoms with Gasteiger partial charge in [-0.25, -0.2) is 5.43 Å². The first-order valence-corrected chi connectivity index (χ1v) is 9.05. The minimum Gasteiger partial charge on any atom is -0.508 e. The van der Waals surface area contributed by atoms with Crippen LogP contribution in [0.1, 0.15) is 24.1 Å². The zero-order valence-corrected chi connectivity index (χ0v) is 16.4. The van der Waals surface area contributed by atoms with E-state index in [1.54, 1.807) is 19.1 Å². The summed E-state index contributed by atoms with van der Waals surface area (Å²) >= 11 is 5.17. The summed E-state index contributed by atoms with van der Waals surface area (Å²) in [6, 6.07) is 9.09. The van der Waals surface area contributed by atoms with Gasteiger partial charge in [0.2, 0.25) is 0 Å². The molecule has 0 saturated carbocycles. The number of benzene rings is 2. The lowest BCUT2D eigenvalue weighted by Crippen LogP contribution is -2.46. The van der Waals surface area contributed by atoms with Crippen LogP contribution in [0.5, 0.6) is 11.5 Å². The number of phenolic OH excluding ortho intramolecular Hbond substituents is 2. The van der Waals surface area contributed by atoms with Gasteiger partial charge >= 0.3 is 0 Å². The number of nitro groups is 1. The van der Waals surface area contributed by atoms with Gasteiger partial charge in [-0.1, -0.05) is 0 Å². The van der Waals surface area contributed by atoms with E-state index >= 15 is 0 Å². The summed E-state index contributed by atoms with van der Waals surface area (Å²) in [4.78, 5) is 23.2. The Morgan fingerprint density at radius 3 is 2.60 bits per heavy atom. The molecule has 10 nitrogen and oxygen atoms in total. The van der Waals surface area contributed by atoms with Crippen molar-refractivity contribution in [3.63, 3.8) is 0 Å². The van der Waals surface area contributed by atoms with Crippen LogP contribution in [0, 0.1) is 10.1 Å². The number of amides is 1. The molecule has 0 spiro atoms. The number of hydrogen-bond acceptors (Lipinski definition) is 7. The van der Waals surface area contributed by atoms with E-state index in [1.807, 2.05) is 0 Å². The molecule has 0 aromatic heterocycles. The van der Waals surface area contributed by atoms with Gasteiger partial charge in [-0.3, -0.25) is 14.9 Å². The summed E-state index contributed by atoms with van der Waals surface area (Å²) in [6.45, 7) is 1.68. The van der Waals surface area contributed by atoms with Crippen LogP contribution in [0.3, 0.4) is 0 Å². The van der Waals surface area contributed by atoms with Gasteiger partial charge in [0.25, 0.3) is 11.6 Å². The van der Waals surface area contributed by atoms with E-state index in [0.29, 0.717) is 27.5 Å². The fourth-order valence-electron chi connectivity index (χ4n) is 2.90. The number of carbonyl (C=O) groups is 1. The van der Waals surface area contributed by atoms with Gasteiger partial charge in [0.05, 0.1) is 22.8 Å². The second-order valence-corrected chi connectivity index (χ2v) is 6.77. The Morgan fingerprint density at radius 2 is 1.97 bits per heavy atom. The Hall–Kier alpha value is -3.99. The van der Waals surface area contributed by atoms with Crippen molar-refractivity contribution in [1.82, 2.24) is 16.1 Å². The van der Waals surface area contributed by atoms with E-state index < -0.39 is 16.9 Å². The lowest BCUT2D eigenvalue weighted by atomic mass is 9.95. The van der Waals surface area contributed by atoms with E-state index in [1.165, 1.54) is 30.5 Å². The van der Waals surface area contributed by atoms with Gasteiger partial charge in [0, 0.05) is 29.5 Å². The summed E-state index contributed by atoms with van der Waals surface area (Å²) in [5.74, 6) is -0.831. The van der Waals surface area contributed by atoms with E-state index in [-0.39, 0.29) is 17.2 Å². The van der Waals surface area contributed by atoms with Gasteiger partial charge in [-0.15, -0.1) is 0 Å². The number of hydrogen-bond donors (Lipinski definition) is 5. The quantitative estimate of drug-likeness (QED) is 0.210. The summed E-state index contributed by atoms with van der Waals surface area (Å²) in [5.41, 5.74) is 4.02. The minimum absolute atomic E-state index is 0.0692. The first-order chi connectivity index (χ1) is 14.3. The molecule has 0 radical (unpaired) electrons. The van der Waals surface area contributed by atoms with Crippen LogP contribution in [0.15, 0.2) is 58.8 Å². The monoisotopic (exact) mass is 427 g/mol. The molecule has 0 aliphatic carbocycles. The van der Waals surface area contributed by atoms with Crippen molar-refractivity contribution < 1.29 is 19.9 Å². The minimum atomic E-state index is -0.642. The third kappa shape index (κ3) is 4.52. The molecule has 2 aromatic carbocycles. The summed E-state index contributed by atoms with van der Waals surface area (Å²) < 4.78 is 0. The van der Waals surface area contributed by atoms with Crippen LogP contribution in [0.2, 0.25) is 0 Å². The highest BCUT2D eigenvalue weighted by Crippen LogP contribution is 2.28. The number of rotatable bonds is 5. The highest BCUT2D eigenvalue weighted by atomic mass is 32.1. The van der Waals surface area contributed by atoms with Crippen molar-refractivity contribution in [3.8, 4) is 11.5 Å². The third-order valence-electron chi connectivity index (χ3n) is 4.33. The molecule has 3 rings (SSSR count). The van der Waals surface area contributed by atoms with E-state index in [2.05, 4.69) is 21.2 Å². The molecule has 11 heteroatoms. The standard InChI is InChI=1S/C19H17N5O5S/c1-10-16(18(27)23-20-9-12-4-7-14(25)8-15(12)26)17(22-19(30)21-10)11-2-5-13(6-3-11)24(28)29/h2-9,17,25-26H,1H3,(H,23,27)(H2,21,22,30)/b20-9+. The normalized spacial score (nSPS) is 16.2. The number of hydrazone groups is 1. The number of thiocarbonyl (C=S) groups is 1. The molecule has 30 heavy (non-hydrogen) atoms. The van der Waals surface area contributed by atoms with Crippen LogP contribution in [-0.4, -0.2) is 32.4 Å². The first-order valence-electron chi connectivity index (χ1n) is 8.64. The summed E-state index contributed by atoms with van der Waals surface area (Å²) in [6.07, 6.45) is 1.23. The average Bonchev–Trinajstić information content (AvgIpc) is 2.69. The van der Waals surface area contributed by atoms with Crippen molar-refractivity contribution in [1.29, 1.82) is 0 Å². The predicted molar refractivity (Wildman–Crippen MR) is 113 cm³/mol. The lowest BCUT2D eigenvalue weighted by molar-refractivity contribution is -0.384. The molecule has 1 heterocycles. The van der Waals surface area contributed by atoms with E-state index in [4.69, 9.17) is 12.2 Å². The van der Waals surface area contributed by atoms with Crippen LogP contribution in [-0.2, 0) is 4.79 Å². The van der Waals surface area contributed by atoms with Crippen molar-refractivity contribution in [3.05, 3.63) is 75.0 Å².